The van der Waals surface area contributed by atoms with Crippen molar-refractivity contribution in [2.45, 2.75) is 38.5 Å². The number of ether oxygens (including phenoxy) is 3. The van der Waals surface area contributed by atoms with Crippen molar-refractivity contribution in [3.05, 3.63) is 65.4 Å². The van der Waals surface area contributed by atoms with Crippen LogP contribution in [0.25, 0.3) is 5.57 Å². The quantitative estimate of drug-likeness (QED) is 0.218. The molecule has 2 aliphatic rings. The number of hydrogen-bond acceptors (Lipinski definition) is 5. The third-order valence-corrected chi connectivity index (χ3v) is 6.31. The summed E-state index contributed by atoms with van der Waals surface area (Å²) >= 11 is 0. The van der Waals surface area contributed by atoms with Crippen LogP contribution in [0.5, 0.6) is 5.75 Å². The number of esters is 1. The van der Waals surface area contributed by atoms with Crippen molar-refractivity contribution in [2.24, 2.45) is 11.8 Å². The highest BCUT2D eigenvalue weighted by atomic mass is 19.4. The number of rotatable bonds is 11. The highest BCUT2D eigenvalue weighted by Gasteiger charge is 2.38. The summed E-state index contributed by atoms with van der Waals surface area (Å²) in [5.74, 6) is 0.483. The van der Waals surface area contributed by atoms with Gasteiger partial charge in [-0.15, -0.1) is 0 Å². The average Bonchev–Trinajstić information content (AvgIpc) is 3.77. The number of alkyl halides is 3. The maximum Gasteiger partial charge on any atom is 0.418 e. The van der Waals surface area contributed by atoms with Gasteiger partial charge in [0, 0.05) is 18.8 Å². The van der Waals surface area contributed by atoms with Gasteiger partial charge < -0.3 is 19.1 Å². The zero-order valence-corrected chi connectivity index (χ0v) is 19.9. The Morgan fingerprint density at radius 2 is 1.69 bits per heavy atom. The molecule has 0 unspecified atom stereocenters. The van der Waals surface area contributed by atoms with Gasteiger partial charge in [-0.25, -0.2) is 4.79 Å². The van der Waals surface area contributed by atoms with E-state index in [-0.39, 0.29) is 23.6 Å². The van der Waals surface area contributed by atoms with Crippen molar-refractivity contribution >= 4 is 17.2 Å². The topological polar surface area (TPSA) is 48.0 Å². The predicted octanol–water partition coefficient (Wildman–Crippen LogP) is 6.07. The van der Waals surface area contributed by atoms with Gasteiger partial charge >= 0.3 is 12.1 Å². The van der Waals surface area contributed by atoms with Gasteiger partial charge in [0.2, 0.25) is 0 Å². The normalized spacial score (nSPS) is 16.1. The third-order valence-electron chi connectivity index (χ3n) is 6.31. The van der Waals surface area contributed by atoms with Gasteiger partial charge in [-0.3, -0.25) is 0 Å². The van der Waals surface area contributed by atoms with Gasteiger partial charge in [0.05, 0.1) is 26.0 Å². The van der Waals surface area contributed by atoms with Gasteiger partial charge in [0.25, 0.3) is 0 Å². The number of anilines is 1. The van der Waals surface area contributed by atoms with E-state index in [4.69, 9.17) is 14.2 Å². The van der Waals surface area contributed by atoms with Crippen LogP contribution in [0.1, 0.15) is 42.4 Å². The molecule has 0 aromatic heterocycles. The van der Waals surface area contributed by atoms with Gasteiger partial charge in [-0.1, -0.05) is 24.3 Å². The molecule has 0 spiro atoms. The minimum absolute atomic E-state index is 0.0290. The van der Waals surface area contributed by atoms with E-state index in [9.17, 15) is 18.0 Å². The first kappa shape index (κ1) is 24.9. The fraction of sp³-hybridized carbons (Fsp3) is 0.444. The molecular formula is C27H30F3NO4. The van der Waals surface area contributed by atoms with Crippen LogP contribution in [0.4, 0.5) is 18.9 Å². The molecule has 2 aromatic carbocycles. The van der Waals surface area contributed by atoms with Gasteiger partial charge in [-0.2, -0.15) is 13.2 Å². The molecule has 35 heavy (non-hydrogen) atoms. The summed E-state index contributed by atoms with van der Waals surface area (Å²) in [5, 5.41) is 0. The summed E-state index contributed by atoms with van der Waals surface area (Å²) in [4.78, 5) is 14.1. The fourth-order valence-electron chi connectivity index (χ4n) is 4.12. The van der Waals surface area contributed by atoms with E-state index in [1.54, 1.807) is 30.3 Å². The zero-order valence-electron chi connectivity index (χ0n) is 19.9. The van der Waals surface area contributed by atoms with Crippen molar-refractivity contribution in [3.63, 3.8) is 0 Å². The van der Waals surface area contributed by atoms with E-state index in [0.717, 1.165) is 31.7 Å². The number of halogens is 3. The van der Waals surface area contributed by atoms with Crippen LogP contribution < -0.4 is 9.64 Å². The Balaban J connectivity index is 1.58. The molecule has 0 N–H and O–H groups in total. The Hall–Kier alpha value is -3.16. The molecule has 188 valence electrons. The lowest BCUT2D eigenvalue weighted by molar-refractivity contribution is -0.137. The van der Waals surface area contributed by atoms with E-state index in [1.165, 1.54) is 26.5 Å². The SMILES string of the molecule is COC=C(C(=O)OC)c1ccccc1COc1ccc(N(CC2CC2)CC2CC2)c(C(F)(F)F)c1. The van der Waals surface area contributed by atoms with E-state index in [0.29, 0.717) is 36.1 Å². The second kappa shape index (κ2) is 10.6. The number of hydrogen-bond donors (Lipinski definition) is 0. The number of carbonyl (C=O) groups excluding carboxylic acids is 1. The van der Waals surface area contributed by atoms with Crippen LogP contribution in [-0.2, 0) is 27.1 Å². The van der Waals surface area contributed by atoms with E-state index >= 15 is 0 Å². The molecule has 0 saturated heterocycles. The third kappa shape index (κ3) is 6.50. The summed E-state index contributed by atoms with van der Waals surface area (Å²) in [6.45, 7) is 1.29. The Morgan fingerprint density at radius 3 is 2.26 bits per heavy atom. The number of benzene rings is 2. The number of carbonyl (C=O) groups is 1. The first-order chi connectivity index (χ1) is 16.8. The molecule has 5 nitrogen and oxygen atoms in total. The smallest absolute Gasteiger partial charge is 0.418 e. The van der Waals surface area contributed by atoms with E-state index in [1.807, 2.05) is 4.90 Å². The van der Waals surface area contributed by atoms with Crippen LogP contribution >= 0.6 is 0 Å². The lowest BCUT2D eigenvalue weighted by Gasteiger charge is -2.28. The average molecular weight is 490 g/mol. The minimum Gasteiger partial charge on any atom is -0.503 e. The zero-order chi connectivity index (χ0) is 25.0. The monoisotopic (exact) mass is 489 g/mol. The molecule has 0 bridgehead atoms. The Labute approximate surface area is 203 Å². The molecule has 2 aromatic rings. The Kier molecular flexibility index (Phi) is 7.57. The largest absolute Gasteiger partial charge is 0.503 e. The molecule has 0 heterocycles. The number of nitrogens with zero attached hydrogens (tertiary/aromatic N) is 1. The lowest BCUT2D eigenvalue weighted by atomic mass is 10.0. The standard InChI is InChI=1S/C27H30F3NO4/c1-33-17-23(26(32)34-2)22-6-4-3-5-20(22)16-35-21-11-12-25(24(13-21)27(28,29)30)31(14-18-7-8-18)15-19-9-10-19/h3-6,11-13,17-19H,7-10,14-16H2,1-2H3. The number of methoxy groups -OCH3 is 2. The van der Waals surface area contributed by atoms with Crippen molar-refractivity contribution in [2.75, 3.05) is 32.2 Å². The maximum absolute atomic E-state index is 14.1. The van der Waals surface area contributed by atoms with Crippen LogP contribution in [0.3, 0.4) is 0 Å². The van der Waals surface area contributed by atoms with Crippen LogP contribution in [0.15, 0.2) is 48.7 Å². The second-order valence-corrected chi connectivity index (χ2v) is 9.17. The Bertz CT molecular complexity index is 1060. The summed E-state index contributed by atoms with van der Waals surface area (Å²) in [5.41, 5.74) is 0.868. The Morgan fingerprint density at radius 1 is 1.03 bits per heavy atom. The molecule has 0 aliphatic heterocycles. The first-order valence-corrected chi connectivity index (χ1v) is 11.8. The van der Waals surface area contributed by atoms with Gasteiger partial charge in [0.1, 0.15) is 17.9 Å². The van der Waals surface area contributed by atoms with E-state index < -0.39 is 17.7 Å². The molecule has 2 fully saturated rings. The van der Waals surface area contributed by atoms with Gasteiger partial charge in [-0.05, 0) is 66.8 Å². The molecule has 0 radical (unpaired) electrons. The molecule has 4 rings (SSSR count). The van der Waals surface area contributed by atoms with Crippen LogP contribution in [0.2, 0.25) is 0 Å². The highest BCUT2D eigenvalue weighted by Crippen LogP contribution is 2.42. The van der Waals surface area contributed by atoms with Crippen molar-refractivity contribution in [1.29, 1.82) is 0 Å². The minimum atomic E-state index is -4.50. The molecular weight excluding hydrogens is 459 g/mol. The molecule has 2 saturated carbocycles. The maximum atomic E-state index is 14.1. The molecule has 8 heteroatoms. The fourth-order valence-corrected chi connectivity index (χ4v) is 4.12. The van der Waals surface area contributed by atoms with Crippen molar-refractivity contribution in [3.8, 4) is 5.75 Å². The molecule has 2 aliphatic carbocycles. The summed E-state index contributed by atoms with van der Waals surface area (Å²) in [6.07, 6.45) is 1.08. The summed E-state index contributed by atoms with van der Waals surface area (Å²) in [6, 6.07) is 11.2. The summed E-state index contributed by atoms with van der Waals surface area (Å²) in [7, 11) is 2.68. The summed E-state index contributed by atoms with van der Waals surface area (Å²) < 4.78 is 57.9. The van der Waals surface area contributed by atoms with Crippen molar-refractivity contribution < 1.29 is 32.2 Å². The molecule has 0 amide bonds. The predicted molar refractivity (Wildman–Crippen MR) is 127 cm³/mol. The molecule has 0 atom stereocenters. The first-order valence-electron chi connectivity index (χ1n) is 11.8. The van der Waals surface area contributed by atoms with Crippen LogP contribution in [0, 0.1) is 11.8 Å². The lowest BCUT2D eigenvalue weighted by Crippen LogP contribution is -2.30. The highest BCUT2D eigenvalue weighted by molar-refractivity contribution is 6.16. The van der Waals surface area contributed by atoms with Crippen LogP contribution in [-0.4, -0.2) is 33.3 Å². The van der Waals surface area contributed by atoms with E-state index in [2.05, 4.69) is 0 Å². The second-order valence-electron chi connectivity index (χ2n) is 9.17. The van der Waals surface area contributed by atoms with Crippen molar-refractivity contribution in [1.82, 2.24) is 0 Å². The van der Waals surface area contributed by atoms with Gasteiger partial charge in [0.15, 0.2) is 0 Å².